The van der Waals surface area contributed by atoms with Crippen LogP contribution in [0.4, 0.5) is 4.39 Å². The van der Waals surface area contributed by atoms with Gasteiger partial charge in [-0.3, -0.25) is 4.98 Å². The van der Waals surface area contributed by atoms with E-state index in [9.17, 15) is 4.39 Å². The van der Waals surface area contributed by atoms with Crippen molar-refractivity contribution >= 4 is 0 Å². The maximum atomic E-state index is 13.4. The number of nitrogens with zero attached hydrogens (tertiary/aromatic N) is 1. The minimum atomic E-state index is -0.206. The van der Waals surface area contributed by atoms with Crippen LogP contribution in [-0.2, 0) is 0 Å². The Morgan fingerprint density at radius 1 is 1.32 bits per heavy atom. The van der Waals surface area contributed by atoms with E-state index in [1.807, 2.05) is 18.3 Å². The van der Waals surface area contributed by atoms with Crippen LogP contribution in [0.15, 0.2) is 42.7 Å². The Kier molecular flexibility index (Phi) is 4.63. The summed E-state index contributed by atoms with van der Waals surface area (Å²) in [5.41, 5.74) is 3.19. The highest BCUT2D eigenvalue weighted by molar-refractivity contribution is 5.35. The van der Waals surface area contributed by atoms with Crippen molar-refractivity contribution in [3.8, 4) is 0 Å². The lowest BCUT2D eigenvalue weighted by Crippen LogP contribution is -2.24. The van der Waals surface area contributed by atoms with Crippen LogP contribution in [0.25, 0.3) is 0 Å². The second kappa shape index (κ2) is 6.43. The van der Waals surface area contributed by atoms with Gasteiger partial charge in [0.1, 0.15) is 5.82 Å². The number of rotatable bonds is 5. The van der Waals surface area contributed by atoms with Crippen LogP contribution in [0.1, 0.15) is 36.1 Å². The van der Waals surface area contributed by atoms with Gasteiger partial charge >= 0.3 is 0 Å². The van der Waals surface area contributed by atoms with Gasteiger partial charge < -0.3 is 5.32 Å². The van der Waals surface area contributed by atoms with Crippen molar-refractivity contribution in [1.29, 1.82) is 0 Å². The molecule has 19 heavy (non-hydrogen) atoms. The van der Waals surface area contributed by atoms with Crippen molar-refractivity contribution in [2.24, 2.45) is 0 Å². The van der Waals surface area contributed by atoms with Crippen LogP contribution in [-0.4, -0.2) is 11.5 Å². The predicted molar refractivity (Wildman–Crippen MR) is 75.5 cm³/mol. The first kappa shape index (κ1) is 13.7. The third kappa shape index (κ3) is 3.38. The lowest BCUT2D eigenvalue weighted by molar-refractivity contribution is 0.582. The molecule has 0 saturated heterocycles. The molecule has 0 fully saturated rings. The lowest BCUT2D eigenvalue weighted by Gasteiger charge is -2.21. The highest BCUT2D eigenvalue weighted by Gasteiger charge is 2.15. The molecular weight excluding hydrogens is 239 g/mol. The minimum absolute atomic E-state index is 0.00986. The molecule has 1 heterocycles. The van der Waals surface area contributed by atoms with Gasteiger partial charge in [-0.05, 0) is 54.8 Å². The smallest absolute Gasteiger partial charge is 0.123 e. The number of nitrogens with one attached hydrogen (secondary N) is 1. The Morgan fingerprint density at radius 3 is 2.84 bits per heavy atom. The van der Waals surface area contributed by atoms with Crippen molar-refractivity contribution < 1.29 is 4.39 Å². The fraction of sp³-hybridized carbons (Fsp3) is 0.312. The lowest BCUT2D eigenvalue weighted by atomic mass is 9.96. The molecule has 1 aromatic heterocycles. The topological polar surface area (TPSA) is 24.9 Å². The second-order valence-electron chi connectivity index (χ2n) is 4.67. The SMILES string of the molecule is CCCNC(c1cccc(F)c1)c1cnccc1C. The summed E-state index contributed by atoms with van der Waals surface area (Å²) in [5, 5.41) is 3.46. The molecule has 1 aromatic carbocycles. The zero-order valence-electron chi connectivity index (χ0n) is 11.4. The van der Waals surface area contributed by atoms with Gasteiger partial charge in [-0.25, -0.2) is 4.39 Å². The van der Waals surface area contributed by atoms with Gasteiger partial charge in [0.25, 0.3) is 0 Å². The highest BCUT2D eigenvalue weighted by atomic mass is 19.1. The van der Waals surface area contributed by atoms with E-state index in [-0.39, 0.29) is 11.9 Å². The largest absolute Gasteiger partial charge is 0.306 e. The summed E-state index contributed by atoms with van der Waals surface area (Å²) in [5.74, 6) is -0.206. The quantitative estimate of drug-likeness (QED) is 0.886. The summed E-state index contributed by atoms with van der Waals surface area (Å²) < 4.78 is 13.4. The van der Waals surface area contributed by atoms with Crippen molar-refractivity contribution in [2.45, 2.75) is 26.3 Å². The summed E-state index contributed by atoms with van der Waals surface area (Å²) in [6, 6.07) is 8.72. The van der Waals surface area contributed by atoms with Crippen molar-refractivity contribution in [3.05, 3.63) is 65.2 Å². The van der Waals surface area contributed by atoms with Crippen LogP contribution < -0.4 is 5.32 Å². The molecule has 0 radical (unpaired) electrons. The van der Waals surface area contributed by atoms with Gasteiger partial charge in [-0.1, -0.05) is 19.1 Å². The number of halogens is 1. The Morgan fingerprint density at radius 2 is 2.16 bits per heavy atom. The van der Waals surface area contributed by atoms with Gasteiger partial charge in [0, 0.05) is 12.4 Å². The molecule has 1 unspecified atom stereocenters. The number of aryl methyl sites for hydroxylation is 1. The molecule has 1 atom stereocenters. The summed E-state index contributed by atoms with van der Waals surface area (Å²) >= 11 is 0. The van der Waals surface area contributed by atoms with E-state index in [0.717, 1.165) is 29.7 Å². The number of hydrogen-bond acceptors (Lipinski definition) is 2. The number of benzene rings is 1. The molecule has 0 aliphatic carbocycles. The summed E-state index contributed by atoms with van der Waals surface area (Å²) in [7, 11) is 0. The fourth-order valence-electron chi connectivity index (χ4n) is 2.16. The Labute approximate surface area is 113 Å². The molecule has 0 bridgehead atoms. The normalized spacial score (nSPS) is 12.4. The first-order valence-corrected chi connectivity index (χ1v) is 6.61. The summed E-state index contributed by atoms with van der Waals surface area (Å²) in [4.78, 5) is 4.19. The maximum absolute atomic E-state index is 13.4. The summed E-state index contributed by atoms with van der Waals surface area (Å²) in [6.07, 6.45) is 4.67. The van der Waals surface area contributed by atoms with E-state index in [0.29, 0.717) is 0 Å². The maximum Gasteiger partial charge on any atom is 0.123 e. The number of pyridine rings is 1. The van der Waals surface area contributed by atoms with E-state index in [4.69, 9.17) is 0 Å². The standard InChI is InChI=1S/C16H19FN2/c1-3-8-19-16(13-5-4-6-14(17)10-13)15-11-18-9-7-12(15)2/h4-7,9-11,16,19H,3,8H2,1-2H3. The van der Waals surface area contributed by atoms with E-state index in [2.05, 4.69) is 24.1 Å². The van der Waals surface area contributed by atoms with Crippen molar-refractivity contribution in [1.82, 2.24) is 10.3 Å². The zero-order valence-corrected chi connectivity index (χ0v) is 11.4. The number of hydrogen-bond donors (Lipinski definition) is 1. The monoisotopic (exact) mass is 258 g/mol. The van der Waals surface area contributed by atoms with Crippen molar-refractivity contribution in [3.63, 3.8) is 0 Å². The molecule has 2 nitrogen and oxygen atoms in total. The Bertz CT molecular complexity index is 540. The third-order valence-corrected chi connectivity index (χ3v) is 3.17. The molecule has 1 N–H and O–H groups in total. The van der Waals surface area contributed by atoms with Gasteiger partial charge in [-0.15, -0.1) is 0 Å². The van der Waals surface area contributed by atoms with Crippen LogP contribution >= 0.6 is 0 Å². The first-order chi connectivity index (χ1) is 9.22. The van der Waals surface area contributed by atoms with E-state index < -0.39 is 0 Å². The van der Waals surface area contributed by atoms with Crippen LogP contribution in [0.2, 0.25) is 0 Å². The van der Waals surface area contributed by atoms with Crippen molar-refractivity contribution in [2.75, 3.05) is 6.54 Å². The van der Waals surface area contributed by atoms with Gasteiger partial charge in [-0.2, -0.15) is 0 Å². The van der Waals surface area contributed by atoms with Gasteiger partial charge in [0.05, 0.1) is 6.04 Å². The molecule has 0 spiro atoms. The molecule has 3 heteroatoms. The molecule has 0 aliphatic heterocycles. The Balaban J connectivity index is 2.38. The van der Waals surface area contributed by atoms with Gasteiger partial charge in [0.2, 0.25) is 0 Å². The zero-order chi connectivity index (χ0) is 13.7. The molecule has 100 valence electrons. The van der Waals surface area contributed by atoms with E-state index in [1.165, 1.54) is 6.07 Å². The molecule has 2 aromatic rings. The van der Waals surface area contributed by atoms with Crippen LogP contribution in [0.3, 0.4) is 0 Å². The van der Waals surface area contributed by atoms with E-state index in [1.54, 1.807) is 18.3 Å². The molecular formula is C16H19FN2. The van der Waals surface area contributed by atoms with Crippen LogP contribution in [0, 0.1) is 12.7 Å². The fourth-order valence-corrected chi connectivity index (χ4v) is 2.16. The Hall–Kier alpha value is -1.74. The highest BCUT2D eigenvalue weighted by Crippen LogP contribution is 2.24. The van der Waals surface area contributed by atoms with Gasteiger partial charge in [0.15, 0.2) is 0 Å². The average Bonchev–Trinajstić information content (AvgIpc) is 2.41. The van der Waals surface area contributed by atoms with Crippen LogP contribution in [0.5, 0.6) is 0 Å². The summed E-state index contributed by atoms with van der Waals surface area (Å²) in [6.45, 7) is 5.05. The number of aromatic nitrogens is 1. The molecule has 0 amide bonds. The average molecular weight is 258 g/mol. The first-order valence-electron chi connectivity index (χ1n) is 6.61. The molecule has 2 rings (SSSR count). The molecule has 0 saturated carbocycles. The van der Waals surface area contributed by atoms with E-state index >= 15 is 0 Å². The minimum Gasteiger partial charge on any atom is -0.306 e. The predicted octanol–water partition coefficient (Wildman–Crippen LogP) is 3.62. The third-order valence-electron chi connectivity index (χ3n) is 3.17. The molecule has 0 aliphatic rings. The second-order valence-corrected chi connectivity index (χ2v) is 4.67.